The van der Waals surface area contributed by atoms with E-state index in [0.29, 0.717) is 24.6 Å². The molecule has 1 aromatic rings. The Hall–Kier alpha value is -1.95. The highest BCUT2D eigenvalue weighted by atomic mass is 16.2. The van der Waals surface area contributed by atoms with E-state index in [-0.39, 0.29) is 23.3 Å². The lowest BCUT2D eigenvalue weighted by Crippen LogP contribution is -2.56. The summed E-state index contributed by atoms with van der Waals surface area (Å²) in [6.45, 7) is 6.64. The number of hydrogen-bond acceptors (Lipinski definition) is 4. The molecule has 3 fully saturated rings. The van der Waals surface area contributed by atoms with Gasteiger partial charge in [-0.25, -0.2) is 0 Å². The molecule has 0 aliphatic carbocycles. The predicted octanol–water partition coefficient (Wildman–Crippen LogP) is 1.53. The second-order valence-electron chi connectivity index (χ2n) is 8.00. The van der Waals surface area contributed by atoms with Crippen LogP contribution in [0, 0.1) is 11.8 Å². The molecule has 3 aliphatic heterocycles. The lowest BCUT2D eigenvalue weighted by molar-refractivity contribution is -0.123. The molecule has 6 nitrogen and oxygen atoms in total. The number of hydrogen-bond donors (Lipinski definition) is 1. The van der Waals surface area contributed by atoms with Gasteiger partial charge in [-0.15, -0.1) is 0 Å². The van der Waals surface area contributed by atoms with Crippen molar-refractivity contribution in [1.29, 1.82) is 0 Å². The minimum absolute atomic E-state index is 0.0686. The molecule has 3 saturated heterocycles. The summed E-state index contributed by atoms with van der Waals surface area (Å²) in [5.41, 5.74) is 0.577. The maximum atomic E-state index is 12.7. The second kappa shape index (κ2) is 6.99. The number of nitrogens with one attached hydrogen (secondary N) is 1. The van der Waals surface area contributed by atoms with Crippen LogP contribution in [-0.4, -0.2) is 64.9 Å². The van der Waals surface area contributed by atoms with Gasteiger partial charge in [0, 0.05) is 55.6 Å². The van der Waals surface area contributed by atoms with E-state index < -0.39 is 0 Å². The minimum Gasteiger partial charge on any atom is -0.350 e. The number of carbonyl (C=O) groups excluding carboxylic acids is 2. The zero-order valence-electron chi connectivity index (χ0n) is 15.5. The third-order valence-electron chi connectivity index (χ3n) is 6.51. The number of amides is 2. The van der Waals surface area contributed by atoms with E-state index in [1.54, 1.807) is 24.5 Å². The van der Waals surface area contributed by atoms with E-state index in [2.05, 4.69) is 22.1 Å². The van der Waals surface area contributed by atoms with Crippen molar-refractivity contribution >= 4 is 11.8 Å². The second-order valence-corrected chi connectivity index (χ2v) is 8.00. The fourth-order valence-electron chi connectivity index (χ4n) is 4.99. The molecule has 0 radical (unpaired) electrons. The highest BCUT2D eigenvalue weighted by molar-refractivity contribution is 5.94. The van der Waals surface area contributed by atoms with E-state index >= 15 is 0 Å². The smallest absolute Gasteiger partial charge is 0.253 e. The Labute approximate surface area is 155 Å². The van der Waals surface area contributed by atoms with E-state index in [1.165, 1.54) is 12.8 Å². The summed E-state index contributed by atoms with van der Waals surface area (Å²) >= 11 is 0. The lowest BCUT2D eigenvalue weighted by Gasteiger charge is -2.42. The summed E-state index contributed by atoms with van der Waals surface area (Å²) in [5.74, 6) is 0.821. The fraction of sp³-hybridized carbons (Fsp3) is 0.650. The van der Waals surface area contributed by atoms with Crippen molar-refractivity contribution in [3.8, 4) is 0 Å². The normalized spacial score (nSPS) is 27.6. The summed E-state index contributed by atoms with van der Waals surface area (Å²) in [4.78, 5) is 33.6. The predicted molar refractivity (Wildman–Crippen MR) is 98.6 cm³/mol. The maximum Gasteiger partial charge on any atom is 0.253 e. The standard InChI is InChI=1S/C20H28N4O2/c1-2-3-10-23-13-16-17(14-23)20(22-18(16)25)6-11-24(12-7-20)19(26)15-4-8-21-9-5-15/h4-5,8-9,16-17H,2-3,6-7,10-14H2,1H3,(H,22,25)/t16-,17+/m1/s1. The molecule has 2 amide bonds. The highest BCUT2D eigenvalue weighted by Crippen LogP contribution is 2.44. The van der Waals surface area contributed by atoms with E-state index in [1.807, 2.05) is 4.90 Å². The molecule has 6 heteroatoms. The van der Waals surface area contributed by atoms with Crippen LogP contribution in [0.5, 0.6) is 0 Å². The Morgan fingerprint density at radius 3 is 2.69 bits per heavy atom. The number of rotatable bonds is 4. The van der Waals surface area contributed by atoms with E-state index in [9.17, 15) is 9.59 Å². The first-order valence-corrected chi connectivity index (χ1v) is 9.86. The van der Waals surface area contributed by atoms with Gasteiger partial charge in [0.15, 0.2) is 0 Å². The average Bonchev–Trinajstić information content (AvgIpc) is 3.21. The number of aromatic nitrogens is 1. The topological polar surface area (TPSA) is 65.5 Å². The van der Waals surface area contributed by atoms with Crippen molar-refractivity contribution in [2.24, 2.45) is 11.8 Å². The molecule has 1 spiro atoms. The number of piperidine rings is 1. The van der Waals surface area contributed by atoms with Crippen LogP contribution in [0.3, 0.4) is 0 Å². The first kappa shape index (κ1) is 17.5. The summed E-state index contributed by atoms with van der Waals surface area (Å²) in [6.07, 6.45) is 7.42. The molecular weight excluding hydrogens is 328 g/mol. The largest absolute Gasteiger partial charge is 0.350 e. The fourth-order valence-corrected chi connectivity index (χ4v) is 4.99. The summed E-state index contributed by atoms with van der Waals surface area (Å²) in [7, 11) is 0. The molecule has 140 valence electrons. The number of fused-ring (bicyclic) bond motifs is 2. The number of nitrogens with zero attached hydrogens (tertiary/aromatic N) is 3. The molecule has 1 N–H and O–H groups in total. The Balaban J connectivity index is 1.42. The monoisotopic (exact) mass is 356 g/mol. The number of pyridine rings is 1. The van der Waals surface area contributed by atoms with Crippen molar-refractivity contribution in [3.63, 3.8) is 0 Å². The summed E-state index contributed by atoms with van der Waals surface area (Å²) in [5, 5.41) is 3.33. The third kappa shape index (κ3) is 3.00. The van der Waals surface area contributed by atoms with Gasteiger partial charge in [-0.05, 0) is 37.9 Å². The Bertz CT molecular complexity index is 670. The minimum atomic E-state index is -0.113. The Kier molecular flexibility index (Phi) is 4.69. The molecule has 26 heavy (non-hydrogen) atoms. The van der Waals surface area contributed by atoms with Gasteiger partial charge in [-0.3, -0.25) is 14.6 Å². The van der Waals surface area contributed by atoms with Crippen LogP contribution in [0.15, 0.2) is 24.5 Å². The van der Waals surface area contributed by atoms with Crippen LogP contribution in [0.2, 0.25) is 0 Å². The zero-order valence-corrected chi connectivity index (χ0v) is 15.5. The quantitative estimate of drug-likeness (QED) is 0.889. The summed E-state index contributed by atoms with van der Waals surface area (Å²) in [6, 6.07) is 3.53. The van der Waals surface area contributed by atoms with Crippen LogP contribution in [0.4, 0.5) is 0 Å². The van der Waals surface area contributed by atoms with Crippen LogP contribution in [0.1, 0.15) is 43.0 Å². The van der Waals surface area contributed by atoms with Crippen LogP contribution in [0.25, 0.3) is 0 Å². The summed E-state index contributed by atoms with van der Waals surface area (Å²) < 4.78 is 0. The molecular formula is C20H28N4O2. The van der Waals surface area contributed by atoms with Gasteiger partial charge >= 0.3 is 0 Å². The van der Waals surface area contributed by atoms with Crippen molar-refractivity contribution in [2.45, 2.75) is 38.1 Å². The average molecular weight is 356 g/mol. The van der Waals surface area contributed by atoms with Crippen LogP contribution < -0.4 is 5.32 Å². The molecule has 4 heterocycles. The first-order valence-electron chi connectivity index (χ1n) is 9.86. The molecule has 0 aromatic carbocycles. The number of unbranched alkanes of at least 4 members (excludes halogenated alkanes) is 1. The van der Waals surface area contributed by atoms with Gasteiger partial charge in [0.05, 0.1) is 5.92 Å². The van der Waals surface area contributed by atoms with E-state index in [0.717, 1.165) is 32.5 Å². The Morgan fingerprint density at radius 2 is 2.00 bits per heavy atom. The Morgan fingerprint density at radius 1 is 1.27 bits per heavy atom. The van der Waals surface area contributed by atoms with Gasteiger partial charge in [-0.1, -0.05) is 13.3 Å². The number of carbonyl (C=O) groups is 2. The van der Waals surface area contributed by atoms with Gasteiger partial charge in [0.25, 0.3) is 5.91 Å². The lowest BCUT2D eigenvalue weighted by atomic mass is 9.75. The molecule has 0 bridgehead atoms. The molecule has 4 rings (SSSR count). The zero-order chi connectivity index (χ0) is 18.1. The first-order chi connectivity index (χ1) is 12.6. The molecule has 1 aromatic heterocycles. The van der Waals surface area contributed by atoms with Crippen molar-refractivity contribution in [1.82, 2.24) is 20.1 Å². The maximum absolute atomic E-state index is 12.7. The molecule has 0 saturated carbocycles. The van der Waals surface area contributed by atoms with Gasteiger partial charge in [-0.2, -0.15) is 0 Å². The molecule has 2 atom stereocenters. The van der Waals surface area contributed by atoms with E-state index in [4.69, 9.17) is 0 Å². The van der Waals surface area contributed by atoms with Crippen molar-refractivity contribution in [2.75, 3.05) is 32.7 Å². The highest BCUT2D eigenvalue weighted by Gasteiger charge is 2.57. The molecule has 0 unspecified atom stereocenters. The molecule has 3 aliphatic rings. The SMILES string of the molecule is CCCCN1C[C@H]2C(=O)NC3(CCN(C(=O)c4ccncc4)CC3)[C@H]2C1. The number of likely N-dealkylation sites (tertiary alicyclic amines) is 2. The third-order valence-corrected chi connectivity index (χ3v) is 6.51. The van der Waals surface area contributed by atoms with Crippen LogP contribution >= 0.6 is 0 Å². The van der Waals surface area contributed by atoms with Gasteiger partial charge in [0.2, 0.25) is 5.91 Å². The van der Waals surface area contributed by atoms with Gasteiger partial charge < -0.3 is 15.1 Å². The van der Waals surface area contributed by atoms with Crippen molar-refractivity contribution in [3.05, 3.63) is 30.1 Å². The van der Waals surface area contributed by atoms with Crippen molar-refractivity contribution < 1.29 is 9.59 Å². The van der Waals surface area contributed by atoms with Gasteiger partial charge in [0.1, 0.15) is 0 Å². The van der Waals surface area contributed by atoms with Crippen LogP contribution in [-0.2, 0) is 4.79 Å².